The number of sulfonamides is 1. The minimum atomic E-state index is -3.74. The maximum Gasteiger partial charge on any atom is 0.325 e. The van der Waals surface area contributed by atoms with Crippen molar-refractivity contribution < 1.29 is 27.1 Å². The third-order valence-electron chi connectivity index (χ3n) is 5.76. The number of carbonyl (C=O) groups is 2. The highest BCUT2D eigenvalue weighted by Crippen LogP contribution is 2.25. The van der Waals surface area contributed by atoms with E-state index < -0.39 is 33.6 Å². The fourth-order valence-electron chi connectivity index (χ4n) is 3.89. The molecule has 1 aliphatic heterocycles. The Balaban J connectivity index is 1.64. The smallest absolute Gasteiger partial charge is 0.325 e. The molecule has 1 amide bonds. The second kappa shape index (κ2) is 9.77. The number of carbonyl (C=O) groups excluding carboxylic acids is 2. The number of hydrogen-bond acceptors (Lipinski definition) is 6. The standard InChI is InChI=1S/C23H24FN3O5S2/c1-15-5-8-18(9-6-15)34(30,31)26-11-3-4-16(13-26)22(29)25-23-27(14-21(28)32-2)19-10-7-17(24)12-20(19)33-23/h5-10,12,16H,3-4,11,13-14H2,1-2H3. The Morgan fingerprint density at radius 2 is 1.94 bits per heavy atom. The molecule has 2 aromatic carbocycles. The first-order valence-corrected chi connectivity index (χ1v) is 13.0. The number of amides is 1. The summed E-state index contributed by atoms with van der Waals surface area (Å²) in [6.45, 7) is 2.04. The van der Waals surface area contributed by atoms with Crippen molar-refractivity contribution in [2.75, 3.05) is 20.2 Å². The largest absolute Gasteiger partial charge is 0.468 e. The minimum absolute atomic E-state index is 0.0229. The van der Waals surface area contributed by atoms with Gasteiger partial charge in [0.2, 0.25) is 10.0 Å². The molecule has 1 aliphatic rings. The molecule has 34 heavy (non-hydrogen) atoms. The number of aromatic nitrogens is 1. The van der Waals surface area contributed by atoms with Gasteiger partial charge >= 0.3 is 5.97 Å². The van der Waals surface area contributed by atoms with Gasteiger partial charge in [-0.25, -0.2) is 12.8 Å². The van der Waals surface area contributed by atoms with Crippen molar-refractivity contribution in [2.24, 2.45) is 10.9 Å². The molecule has 1 aromatic heterocycles. The highest BCUT2D eigenvalue weighted by molar-refractivity contribution is 7.89. The van der Waals surface area contributed by atoms with Crippen LogP contribution in [0, 0.1) is 18.7 Å². The summed E-state index contributed by atoms with van der Waals surface area (Å²) in [7, 11) is -2.48. The number of hydrogen-bond donors (Lipinski definition) is 0. The molecular weight excluding hydrogens is 481 g/mol. The summed E-state index contributed by atoms with van der Waals surface area (Å²) in [6, 6.07) is 10.7. The van der Waals surface area contributed by atoms with Crippen LogP contribution in [0.15, 0.2) is 52.4 Å². The second-order valence-electron chi connectivity index (χ2n) is 8.12. The Morgan fingerprint density at radius 3 is 2.65 bits per heavy atom. The van der Waals surface area contributed by atoms with E-state index in [4.69, 9.17) is 4.74 Å². The summed E-state index contributed by atoms with van der Waals surface area (Å²) in [5.74, 6) is -2.08. The van der Waals surface area contributed by atoms with Crippen molar-refractivity contribution in [3.63, 3.8) is 0 Å². The second-order valence-corrected chi connectivity index (χ2v) is 11.1. The number of nitrogens with zero attached hydrogens (tertiary/aromatic N) is 3. The molecule has 2 heterocycles. The highest BCUT2D eigenvalue weighted by Gasteiger charge is 2.33. The van der Waals surface area contributed by atoms with Gasteiger partial charge in [0.05, 0.1) is 28.1 Å². The quantitative estimate of drug-likeness (QED) is 0.497. The molecule has 1 unspecified atom stereocenters. The number of halogens is 1. The van der Waals surface area contributed by atoms with Gasteiger partial charge in [0.25, 0.3) is 5.91 Å². The monoisotopic (exact) mass is 505 g/mol. The summed E-state index contributed by atoms with van der Waals surface area (Å²) in [5.41, 5.74) is 1.50. The predicted molar refractivity (Wildman–Crippen MR) is 125 cm³/mol. The molecule has 0 aliphatic carbocycles. The third kappa shape index (κ3) is 4.96. The molecule has 4 rings (SSSR count). The molecule has 3 aromatic rings. The number of ether oxygens (including phenoxy) is 1. The number of piperidine rings is 1. The zero-order valence-corrected chi connectivity index (χ0v) is 20.4. The predicted octanol–water partition coefficient (Wildman–Crippen LogP) is 2.85. The molecule has 0 bridgehead atoms. The Kier molecular flexibility index (Phi) is 6.96. The summed E-state index contributed by atoms with van der Waals surface area (Å²) in [5, 5.41) is 0. The molecule has 180 valence electrons. The van der Waals surface area contributed by atoms with Gasteiger partial charge in [0.1, 0.15) is 12.4 Å². The van der Waals surface area contributed by atoms with E-state index in [9.17, 15) is 22.4 Å². The lowest BCUT2D eigenvalue weighted by Gasteiger charge is -2.30. The average molecular weight is 506 g/mol. The van der Waals surface area contributed by atoms with Crippen LogP contribution in [0.5, 0.6) is 0 Å². The number of esters is 1. The van der Waals surface area contributed by atoms with Gasteiger partial charge in [-0.05, 0) is 50.1 Å². The van der Waals surface area contributed by atoms with Gasteiger partial charge in [-0.15, -0.1) is 0 Å². The van der Waals surface area contributed by atoms with Crippen LogP contribution in [0.1, 0.15) is 18.4 Å². The summed E-state index contributed by atoms with van der Waals surface area (Å²) < 4.78 is 48.0. The van der Waals surface area contributed by atoms with Crippen molar-refractivity contribution in [3.05, 3.63) is 58.6 Å². The third-order valence-corrected chi connectivity index (χ3v) is 8.68. The van der Waals surface area contributed by atoms with Crippen molar-refractivity contribution in [1.29, 1.82) is 0 Å². The molecule has 1 fully saturated rings. The molecule has 0 N–H and O–H groups in total. The van der Waals surface area contributed by atoms with E-state index in [2.05, 4.69) is 4.99 Å². The average Bonchev–Trinajstić information content (AvgIpc) is 3.14. The number of benzene rings is 2. The van der Waals surface area contributed by atoms with E-state index in [0.29, 0.717) is 29.6 Å². The minimum Gasteiger partial charge on any atom is -0.468 e. The number of methoxy groups -OCH3 is 1. The highest BCUT2D eigenvalue weighted by atomic mass is 32.2. The van der Waals surface area contributed by atoms with Gasteiger partial charge in [-0.2, -0.15) is 9.30 Å². The van der Waals surface area contributed by atoms with Crippen molar-refractivity contribution >= 4 is 43.5 Å². The first-order valence-electron chi connectivity index (χ1n) is 10.7. The lowest BCUT2D eigenvalue weighted by Crippen LogP contribution is -2.42. The van der Waals surface area contributed by atoms with E-state index in [1.54, 1.807) is 24.3 Å². The van der Waals surface area contributed by atoms with Crippen LogP contribution in [0.3, 0.4) is 0 Å². The Bertz CT molecular complexity index is 1410. The molecular formula is C23H24FN3O5S2. The van der Waals surface area contributed by atoms with Crippen LogP contribution >= 0.6 is 11.3 Å². The first kappa shape index (κ1) is 24.2. The lowest BCUT2D eigenvalue weighted by molar-refractivity contribution is -0.141. The number of rotatable bonds is 5. The molecule has 1 atom stereocenters. The molecule has 0 spiro atoms. The SMILES string of the molecule is COC(=O)Cn1c(=NC(=O)C2CCCN(S(=O)(=O)c3ccc(C)cc3)C2)sc2cc(F)ccc21. The van der Waals surface area contributed by atoms with Crippen molar-refractivity contribution in [1.82, 2.24) is 8.87 Å². The topological polar surface area (TPSA) is 98.0 Å². The van der Waals surface area contributed by atoms with E-state index in [0.717, 1.165) is 16.9 Å². The van der Waals surface area contributed by atoms with Crippen molar-refractivity contribution in [3.8, 4) is 0 Å². The van der Waals surface area contributed by atoms with Crippen LogP contribution in [0.2, 0.25) is 0 Å². The van der Waals surface area contributed by atoms with Crippen LogP contribution in [0.4, 0.5) is 4.39 Å². The molecule has 0 radical (unpaired) electrons. The van der Waals surface area contributed by atoms with Gasteiger partial charge in [-0.1, -0.05) is 29.0 Å². The molecule has 8 nitrogen and oxygen atoms in total. The number of fused-ring (bicyclic) bond motifs is 1. The van der Waals surface area contributed by atoms with Crippen LogP contribution in [0.25, 0.3) is 10.2 Å². The Labute approximate surface area is 200 Å². The van der Waals surface area contributed by atoms with Crippen molar-refractivity contribution in [2.45, 2.75) is 31.2 Å². The fourth-order valence-corrected chi connectivity index (χ4v) is 6.47. The van der Waals surface area contributed by atoms with Crippen LogP contribution in [-0.4, -0.2) is 49.4 Å². The van der Waals surface area contributed by atoms with E-state index in [1.807, 2.05) is 6.92 Å². The van der Waals surface area contributed by atoms with Gasteiger partial charge in [0, 0.05) is 13.1 Å². The maximum absolute atomic E-state index is 13.7. The zero-order valence-electron chi connectivity index (χ0n) is 18.7. The fraction of sp³-hybridized carbons (Fsp3) is 0.348. The Hall–Kier alpha value is -2.89. The summed E-state index contributed by atoms with van der Waals surface area (Å²) >= 11 is 1.08. The van der Waals surface area contributed by atoms with Gasteiger partial charge in [-0.3, -0.25) is 9.59 Å². The van der Waals surface area contributed by atoms with E-state index in [-0.39, 0.29) is 22.8 Å². The summed E-state index contributed by atoms with van der Waals surface area (Å²) in [6.07, 6.45) is 1.02. The molecule has 11 heteroatoms. The lowest BCUT2D eigenvalue weighted by atomic mass is 9.99. The van der Waals surface area contributed by atoms with E-state index >= 15 is 0 Å². The summed E-state index contributed by atoms with van der Waals surface area (Å²) in [4.78, 5) is 29.7. The number of aryl methyl sites for hydroxylation is 1. The Morgan fingerprint density at radius 1 is 1.21 bits per heavy atom. The van der Waals surface area contributed by atoms with Gasteiger partial charge < -0.3 is 9.30 Å². The normalized spacial score (nSPS) is 17.7. The zero-order chi connectivity index (χ0) is 24.5. The number of thiazole rings is 1. The van der Waals surface area contributed by atoms with E-state index in [1.165, 1.54) is 34.2 Å². The molecule has 1 saturated heterocycles. The van der Waals surface area contributed by atoms with Gasteiger partial charge in [0.15, 0.2) is 4.80 Å². The van der Waals surface area contributed by atoms with Crippen LogP contribution < -0.4 is 4.80 Å². The first-order chi connectivity index (χ1) is 16.2. The maximum atomic E-state index is 13.7. The van der Waals surface area contributed by atoms with Crippen LogP contribution in [-0.2, 0) is 30.9 Å². The molecule has 0 saturated carbocycles.